The molecule has 0 fully saturated rings. The van der Waals surface area contributed by atoms with Gasteiger partial charge < -0.3 is 20.8 Å². The summed E-state index contributed by atoms with van der Waals surface area (Å²) in [4.78, 5) is 12.1. The highest BCUT2D eigenvalue weighted by Gasteiger charge is 2.31. The van der Waals surface area contributed by atoms with Gasteiger partial charge in [0, 0.05) is 12.1 Å². The van der Waals surface area contributed by atoms with E-state index in [0.717, 1.165) is 11.3 Å². The predicted octanol–water partition coefficient (Wildman–Crippen LogP) is -0.117. The third-order valence-corrected chi connectivity index (χ3v) is 3.21. The Bertz CT molecular complexity index is 419. The fourth-order valence-electron chi connectivity index (χ4n) is 1.97. The first-order chi connectivity index (χ1) is 8.58. The minimum Gasteiger partial charge on any atom is -0.394 e. The molecule has 5 heteroatoms. The lowest BCUT2D eigenvalue weighted by atomic mass is 10.0. The normalized spacial score (nSPS) is 18.1. The minimum atomic E-state index is -0.979. The summed E-state index contributed by atoms with van der Waals surface area (Å²) in [5.41, 5.74) is 1.09. The van der Waals surface area contributed by atoms with E-state index in [-0.39, 0.29) is 25.2 Å². The van der Waals surface area contributed by atoms with Crippen molar-refractivity contribution in [1.29, 1.82) is 0 Å². The van der Waals surface area contributed by atoms with Crippen LogP contribution in [0.1, 0.15) is 12.5 Å². The maximum atomic E-state index is 12.1. The summed E-state index contributed by atoms with van der Waals surface area (Å²) in [5.74, 6) is -0.211. The Balaban J connectivity index is 2.01. The van der Waals surface area contributed by atoms with Crippen molar-refractivity contribution >= 4 is 11.6 Å². The van der Waals surface area contributed by atoms with Crippen molar-refractivity contribution in [3.8, 4) is 0 Å². The highest BCUT2D eigenvalue weighted by molar-refractivity contribution is 5.87. The molecule has 18 heavy (non-hydrogen) atoms. The van der Waals surface area contributed by atoms with E-state index < -0.39 is 5.54 Å². The van der Waals surface area contributed by atoms with E-state index in [2.05, 4.69) is 10.6 Å². The van der Waals surface area contributed by atoms with Gasteiger partial charge in [0.2, 0.25) is 5.91 Å². The SMILES string of the molecule is CC(CO)(CO)NC(=O)C1Cc2ccccc2N1. The lowest BCUT2D eigenvalue weighted by molar-refractivity contribution is -0.124. The number of aliphatic hydroxyl groups is 2. The van der Waals surface area contributed by atoms with Crippen LogP contribution in [0, 0.1) is 0 Å². The molecular formula is C13H18N2O3. The molecule has 1 aromatic rings. The quantitative estimate of drug-likeness (QED) is 0.600. The smallest absolute Gasteiger partial charge is 0.243 e. The summed E-state index contributed by atoms with van der Waals surface area (Å²) in [6.45, 7) is 1.01. The van der Waals surface area contributed by atoms with Gasteiger partial charge in [0.15, 0.2) is 0 Å². The van der Waals surface area contributed by atoms with Crippen LogP contribution in [0.25, 0.3) is 0 Å². The Morgan fingerprint density at radius 2 is 2.11 bits per heavy atom. The number of carbonyl (C=O) groups is 1. The molecule has 0 aromatic heterocycles. The zero-order chi connectivity index (χ0) is 13.2. The first-order valence-corrected chi connectivity index (χ1v) is 5.96. The van der Waals surface area contributed by atoms with Gasteiger partial charge in [0.25, 0.3) is 0 Å². The van der Waals surface area contributed by atoms with Crippen LogP contribution in [0.4, 0.5) is 5.69 Å². The van der Waals surface area contributed by atoms with Crippen LogP contribution in [0.5, 0.6) is 0 Å². The van der Waals surface area contributed by atoms with Gasteiger partial charge in [0.05, 0.1) is 18.8 Å². The fraction of sp³-hybridized carbons (Fsp3) is 0.462. The second-order valence-electron chi connectivity index (χ2n) is 4.92. The molecule has 1 aliphatic heterocycles. The van der Waals surface area contributed by atoms with Crippen LogP contribution in [-0.4, -0.2) is 40.9 Å². The van der Waals surface area contributed by atoms with E-state index in [1.807, 2.05) is 24.3 Å². The zero-order valence-corrected chi connectivity index (χ0v) is 10.3. The van der Waals surface area contributed by atoms with Crippen molar-refractivity contribution in [1.82, 2.24) is 5.32 Å². The van der Waals surface area contributed by atoms with E-state index in [1.165, 1.54) is 0 Å². The number of hydrogen-bond donors (Lipinski definition) is 4. The van der Waals surface area contributed by atoms with Gasteiger partial charge in [-0.3, -0.25) is 4.79 Å². The summed E-state index contributed by atoms with van der Waals surface area (Å²) < 4.78 is 0. The summed E-state index contributed by atoms with van der Waals surface area (Å²) in [7, 11) is 0. The molecule has 1 heterocycles. The number of nitrogens with one attached hydrogen (secondary N) is 2. The molecule has 0 saturated carbocycles. The van der Waals surface area contributed by atoms with Gasteiger partial charge in [-0.25, -0.2) is 0 Å². The van der Waals surface area contributed by atoms with Crippen LogP contribution in [0.15, 0.2) is 24.3 Å². The molecule has 1 amide bonds. The zero-order valence-electron chi connectivity index (χ0n) is 10.3. The van der Waals surface area contributed by atoms with Gasteiger partial charge in [-0.2, -0.15) is 0 Å². The van der Waals surface area contributed by atoms with Gasteiger partial charge in [-0.1, -0.05) is 18.2 Å². The topological polar surface area (TPSA) is 81.6 Å². The molecule has 0 bridgehead atoms. The standard InChI is InChI=1S/C13H18N2O3/c1-13(7-16,8-17)15-12(18)11-6-9-4-2-3-5-10(9)14-11/h2-5,11,14,16-17H,6-8H2,1H3,(H,15,18). The molecule has 0 saturated heterocycles. The average molecular weight is 250 g/mol. The second kappa shape index (κ2) is 4.96. The van der Waals surface area contributed by atoms with E-state index in [4.69, 9.17) is 10.2 Å². The molecule has 98 valence electrons. The van der Waals surface area contributed by atoms with Crippen LogP contribution in [0.3, 0.4) is 0 Å². The lowest BCUT2D eigenvalue weighted by Gasteiger charge is -2.27. The monoisotopic (exact) mass is 250 g/mol. The summed E-state index contributed by atoms with van der Waals surface area (Å²) >= 11 is 0. The number of anilines is 1. The maximum Gasteiger partial charge on any atom is 0.243 e. The number of para-hydroxylation sites is 1. The molecule has 2 rings (SSSR count). The summed E-state index contributed by atoms with van der Waals surface area (Å²) in [5, 5.41) is 24.1. The first-order valence-electron chi connectivity index (χ1n) is 5.96. The highest BCUT2D eigenvalue weighted by atomic mass is 16.3. The van der Waals surface area contributed by atoms with Gasteiger partial charge in [-0.15, -0.1) is 0 Å². The van der Waals surface area contributed by atoms with Gasteiger partial charge >= 0.3 is 0 Å². The predicted molar refractivity (Wildman–Crippen MR) is 68.3 cm³/mol. The van der Waals surface area contributed by atoms with Crippen molar-refractivity contribution < 1.29 is 15.0 Å². The van der Waals surface area contributed by atoms with Crippen molar-refractivity contribution in [3.05, 3.63) is 29.8 Å². The third-order valence-electron chi connectivity index (χ3n) is 3.21. The van der Waals surface area contributed by atoms with Crippen LogP contribution in [0.2, 0.25) is 0 Å². The lowest BCUT2D eigenvalue weighted by Crippen LogP contribution is -2.55. The number of aliphatic hydroxyl groups excluding tert-OH is 2. The van der Waals surface area contributed by atoms with E-state index in [0.29, 0.717) is 6.42 Å². The summed E-state index contributed by atoms with van der Waals surface area (Å²) in [6, 6.07) is 7.41. The van der Waals surface area contributed by atoms with E-state index >= 15 is 0 Å². The second-order valence-corrected chi connectivity index (χ2v) is 4.92. The molecule has 1 unspecified atom stereocenters. The number of hydrogen-bond acceptors (Lipinski definition) is 4. The summed E-state index contributed by atoms with van der Waals surface area (Å²) in [6.07, 6.45) is 0.620. The third kappa shape index (κ3) is 2.47. The van der Waals surface area contributed by atoms with E-state index in [1.54, 1.807) is 6.92 Å². The molecule has 0 spiro atoms. The number of benzene rings is 1. The van der Waals surface area contributed by atoms with Crippen LogP contribution < -0.4 is 10.6 Å². The Labute approximate surface area is 106 Å². The molecule has 5 nitrogen and oxygen atoms in total. The molecule has 4 N–H and O–H groups in total. The molecule has 1 atom stereocenters. The number of rotatable bonds is 4. The fourth-order valence-corrected chi connectivity index (χ4v) is 1.97. The number of fused-ring (bicyclic) bond motifs is 1. The molecule has 1 aliphatic rings. The molecule has 0 radical (unpaired) electrons. The Kier molecular flexibility index (Phi) is 3.54. The van der Waals surface area contributed by atoms with Gasteiger partial charge in [-0.05, 0) is 18.6 Å². The van der Waals surface area contributed by atoms with Crippen molar-refractivity contribution in [2.45, 2.75) is 24.9 Å². The molecule has 0 aliphatic carbocycles. The minimum absolute atomic E-state index is 0.211. The Hall–Kier alpha value is -1.59. The van der Waals surface area contributed by atoms with Crippen molar-refractivity contribution in [2.24, 2.45) is 0 Å². The highest BCUT2D eigenvalue weighted by Crippen LogP contribution is 2.25. The molecule has 1 aromatic carbocycles. The average Bonchev–Trinajstić information content (AvgIpc) is 2.82. The van der Waals surface area contributed by atoms with Gasteiger partial charge in [0.1, 0.15) is 6.04 Å². The Morgan fingerprint density at radius 1 is 1.44 bits per heavy atom. The van der Waals surface area contributed by atoms with Crippen molar-refractivity contribution in [3.63, 3.8) is 0 Å². The van der Waals surface area contributed by atoms with Crippen LogP contribution >= 0.6 is 0 Å². The van der Waals surface area contributed by atoms with Crippen LogP contribution in [-0.2, 0) is 11.2 Å². The Morgan fingerprint density at radius 3 is 2.72 bits per heavy atom. The molecular weight excluding hydrogens is 232 g/mol. The maximum absolute atomic E-state index is 12.1. The van der Waals surface area contributed by atoms with E-state index in [9.17, 15) is 4.79 Å². The number of amides is 1. The number of carbonyl (C=O) groups excluding carboxylic acids is 1. The largest absolute Gasteiger partial charge is 0.394 e. The first kappa shape index (κ1) is 12.9. The van der Waals surface area contributed by atoms with Crippen molar-refractivity contribution in [2.75, 3.05) is 18.5 Å².